The van der Waals surface area contributed by atoms with E-state index in [1.54, 1.807) is 12.3 Å². The van der Waals surface area contributed by atoms with Gasteiger partial charge in [-0.1, -0.05) is 24.4 Å². The zero-order valence-corrected chi connectivity index (χ0v) is 10.9. The Morgan fingerprint density at radius 1 is 1.47 bits per heavy atom. The number of hydrogen-bond donors (Lipinski definition) is 2. The highest BCUT2D eigenvalue weighted by Gasteiger charge is 2.30. The molecule has 1 amide bonds. The number of rotatable bonds is 2. The summed E-state index contributed by atoms with van der Waals surface area (Å²) in [7, 11) is 0. The average molecular weight is 281 g/mol. The molecule has 0 bridgehead atoms. The van der Waals surface area contributed by atoms with Crippen molar-refractivity contribution < 1.29 is 9.90 Å². The third kappa shape index (κ3) is 2.12. The molecule has 100 valence electrons. The number of nitrogens with one attached hydrogen (secondary N) is 1. The van der Waals surface area contributed by atoms with E-state index in [2.05, 4.69) is 15.2 Å². The van der Waals surface area contributed by atoms with Crippen LogP contribution in [0.15, 0.2) is 12.3 Å². The van der Waals surface area contributed by atoms with Crippen LogP contribution in [0.25, 0.3) is 10.9 Å². The molecule has 2 heterocycles. The second kappa shape index (κ2) is 4.70. The number of fused-ring (bicyclic) bond motifs is 1. The second-order valence-electron chi connectivity index (χ2n) is 4.69. The van der Waals surface area contributed by atoms with Crippen molar-refractivity contribution in [3.8, 4) is 0 Å². The molecule has 7 heteroatoms. The molecule has 0 saturated heterocycles. The summed E-state index contributed by atoms with van der Waals surface area (Å²) < 4.78 is 0. The van der Waals surface area contributed by atoms with Gasteiger partial charge in [-0.3, -0.25) is 10.00 Å². The molecule has 0 aromatic carbocycles. The Labute approximate surface area is 114 Å². The van der Waals surface area contributed by atoms with Gasteiger partial charge >= 0.3 is 6.09 Å². The molecule has 2 aromatic rings. The minimum atomic E-state index is -0.996. The number of amides is 1. The molecule has 0 atom stereocenters. The predicted octanol–water partition coefficient (Wildman–Crippen LogP) is 3.04. The number of aromatic amines is 1. The first-order valence-corrected chi connectivity index (χ1v) is 6.56. The van der Waals surface area contributed by atoms with Gasteiger partial charge in [-0.25, -0.2) is 9.78 Å². The minimum Gasteiger partial charge on any atom is -0.465 e. The molecule has 2 N–H and O–H groups in total. The van der Waals surface area contributed by atoms with Crippen LogP contribution in [0.4, 0.5) is 10.6 Å². The van der Waals surface area contributed by atoms with Gasteiger partial charge in [-0.15, -0.1) is 0 Å². The SMILES string of the molecule is O=C(O)N(c1nc(Cl)cc2[nH]ncc12)C1CCCC1. The topological polar surface area (TPSA) is 82.1 Å². The molecule has 3 rings (SSSR count). The van der Waals surface area contributed by atoms with Crippen LogP contribution in [0.5, 0.6) is 0 Å². The standard InChI is InChI=1S/C12H13ClN4O2/c13-10-5-9-8(6-14-16-9)11(15-10)17(12(18)19)7-3-1-2-4-7/h5-7H,1-4H2,(H,14,16)(H,18,19). The lowest BCUT2D eigenvalue weighted by atomic mass is 10.2. The molecule has 19 heavy (non-hydrogen) atoms. The van der Waals surface area contributed by atoms with E-state index in [1.165, 1.54) is 4.90 Å². The van der Waals surface area contributed by atoms with Crippen molar-refractivity contribution in [2.75, 3.05) is 4.90 Å². The third-order valence-corrected chi connectivity index (χ3v) is 3.70. The van der Waals surface area contributed by atoms with Gasteiger partial charge in [-0.05, 0) is 12.8 Å². The number of carbonyl (C=O) groups is 1. The molecule has 1 fully saturated rings. The van der Waals surface area contributed by atoms with E-state index >= 15 is 0 Å². The zero-order chi connectivity index (χ0) is 13.4. The number of halogens is 1. The van der Waals surface area contributed by atoms with Crippen LogP contribution < -0.4 is 4.90 Å². The van der Waals surface area contributed by atoms with E-state index in [1.807, 2.05) is 0 Å². The van der Waals surface area contributed by atoms with E-state index in [9.17, 15) is 9.90 Å². The molecule has 0 aliphatic heterocycles. The van der Waals surface area contributed by atoms with Crippen molar-refractivity contribution in [2.24, 2.45) is 0 Å². The van der Waals surface area contributed by atoms with E-state index in [0.29, 0.717) is 16.7 Å². The van der Waals surface area contributed by atoms with Crippen molar-refractivity contribution in [3.05, 3.63) is 17.4 Å². The Morgan fingerprint density at radius 2 is 2.21 bits per heavy atom. The molecule has 0 radical (unpaired) electrons. The highest BCUT2D eigenvalue weighted by molar-refractivity contribution is 6.30. The van der Waals surface area contributed by atoms with Gasteiger partial charge in [0.1, 0.15) is 5.15 Å². The first-order valence-electron chi connectivity index (χ1n) is 6.18. The van der Waals surface area contributed by atoms with Gasteiger partial charge in [0.25, 0.3) is 0 Å². The van der Waals surface area contributed by atoms with E-state index < -0.39 is 6.09 Å². The number of pyridine rings is 1. The Balaban J connectivity index is 2.13. The van der Waals surface area contributed by atoms with Crippen LogP contribution in [0, 0.1) is 0 Å². The minimum absolute atomic E-state index is 0.0263. The lowest BCUT2D eigenvalue weighted by Crippen LogP contribution is -2.38. The highest BCUT2D eigenvalue weighted by Crippen LogP contribution is 2.32. The van der Waals surface area contributed by atoms with Crippen molar-refractivity contribution in [1.29, 1.82) is 0 Å². The lowest BCUT2D eigenvalue weighted by molar-refractivity contribution is 0.199. The van der Waals surface area contributed by atoms with Crippen molar-refractivity contribution >= 4 is 34.4 Å². The zero-order valence-electron chi connectivity index (χ0n) is 10.1. The monoisotopic (exact) mass is 280 g/mol. The first kappa shape index (κ1) is 12.2. The predicted molar refractivity (Wildman–Crippen MR) is 71.7 cm³/mol. The second-order valence-corrected chi connectivity index (χ2v) is 5.08. The van der Waals surface area contributed by atoms with E-state index in [4.69, 9.17) is 11.6 Å². The molecule has 1 saturated carbocycles. The number of H-pyrrole nitrogens is 1. The molecule has 0 spiro atoms. The summed E-state index contributed by atoms with van der Waals surface area (Å²) in [5, 5.41) is 17.1. The van der Waals surface area contributed by atoms with Crippen LogP contribution in [-0.2, 0) is 0 Å². The van der Waals surface area contributed by atoms with Crippen molar-refractivity contribution in [2.45, 2.75) is 31.7 Å². The Morgan fingerprint density at radius 3 is 2.89 bits per heavy atom. The molecule has 1 aliphatic carbocycles. The average Bonchev–Trinajstić information content (AvgIpc) is 2.98. The normalized spacial score (nSPS) is 16.1. The first-order chi connectivity index (χ1) is 9.16. The Hall–Kier alpha value is -1.82. The summed E-state index contributed by atoms with van der Waals surface area (Å²) >= 11 is 5.96. The summed E-state index contributed by atoms with van der Waals surface area (Å²) in [4.78, 5) is 17.1. The summed E-state index contributed by atoms with van der Waals surface area (Å²) in [6.45, 7) is 0. The fourth-order valence-corrected chi connectivity index (χ4v) is 2.85. The summed E-state index contributed by atoms with van der Waals surface area (Å²) in [5.41, 5.74) is 0.694. The summed E-state index contributed by atoms with van der Waals surface area (Å²) in [6.07, 6.45) is 4.40. The highest BCUT2D eigenvalue weighted by atomic mass is 35.5. The van der Waals surface area contributed by atoms with Crippen LogP contribution in [0.3, 0.4) is 0 Å². The third-order valence-electron chi connectivity index (χ3n) is 3.51. The maximum Gasteiger partial charge on any atom is 0.413 e. The number of hydrogen-bond acceptors (Lipinski definition) is 3. The van der Waals surface area contributed by atoms with Crippen LogP contribution in [0.1, 0.15) is 25.7 Å². The largest absolute Gasteiger partial charge is 0.465 e. The van der Waals surface area contributed by atoms with E-state index in [0.717, 1.165) is 25.7 Å². The van der Waals surface area contributed by atoms with Gasteiger partial charge in [0, 0.05) is 12.1 Å². The smallest absolute Gasteiger partial charge is 0.413 e. The number of nitrogens with zero attached hydrogens (tertiary/aromatic N) is 3. The number of carboxylic acid groups (broad SMARTS) is 1. The van der Waals surface area contributed by atoms with Crippen LogP contribution in [0.2, 0.25) is 5.15 Å². The number of anilines is 1. The summed E-state index contributed by atoms with van der Waals surface area (Å²) in [6, 6.07) is 1.61. The maximum absolute atomic E-state index is 11.6. The maximum atomic E-state index is 11.6. The quantitative estimate of drug-likeness (QED) is 0.828. The number of aromatic nitrogens is 3. The molecule has 2 aromatic heterocycles. The molecule has 0 unspecified atom stereocenters. The van der Waals surface area contributed by atoms with Crippen LogP contribution >= 0.6 is 11.6 Å². The van der Waals surface area contributed by atoms with E-state index in [-0.39, 0.29) is 11.2 Å². The Bertz CT molecular complexity index is 621. The molecular formula is C12H13ClN4O2. The van der Waals surface area contributed by atoms with Gasteiger partial charge in [-0.2, -0.15) is 5.10 Å². The van der Waals surface area contributed by atoms with Gasteiger partial charge in [0.15, 0.2) is 5.82 Å². The molecule has 1 aliphatic rings. The Kier molecular flexibility index (Phi) is 3.02. The van der Waals surface area contributed by atoms with Gasteiger partial charge < -0.3 is 5.11 Å². The lowest BCUT2D eigenvalue weighted by Gasteiger charge is -2.25. The molecule has 6 nitrogen and oxygen atoms in total. The van der Waals surface area contributed by atoms with Crippen molar-refractivity contribution in [3.63, 3.8) is 0 Å². The molecular weight excluding hydrogens is 268 g/mol. The van der Waals surface area contributed by atoms with Crippen LogP contribution in [-0.4, -0.2) is 32.4 Å². The van der Waals surface area contributed by atoms with Gasteiger partial charge in [0.2, 0.25) is 0 Å². The summed E-state index contributed by atoms with van der Waals surface area (Å²) in [5.74, 6) is 0.371. The fraction of sp³-hybridized carbons (Fsp3) is 0.417. The van der Waals surface area contributed by atoms with Crippen molar-refractivity contribution in [1.82, 2.24) is 15.2 Å². The van der Waals surface area contributed by atoms with Gasteiger partial charge in [0.05, 0.1) is 17.1 Å². The fourth-order valence-electron chi connectivity index (χ4n) is 2.66.